The fourth-order valence-corrected chi connectivity index (χ4v) is 0.628. The minimum absolute atomic E-state index is 0. The molecule has 0 aromatic rings. The normalized spacial score (nSPS) is 9.62. The Kier molecular flexibility index (Phi) is 32.1. The van der Waals surface area contributed by atoms with Gasteiger partial charge in [0.2, 0.25) is 0 Å². The number of aliphatic carboxylic acids is 1. The van der Waals surface area contributed by atoms with Crippen LogP contribution in [-0.2, 0) is 24.5 Å². The Morgan fingerprint density at radius 2 is 1.50 bits per heavy atom. The molecule has 7 nitrogen and oxygen atoms in total. The molecule has 11 heteroatoms. The van der Waals surface area contributed by atoms with Crippen LogP contribution >= 0.6 is 0 Å². The third-order valence-corrected chi connectivity index (χ3v) is 1.79. The van der Waals surface area contributed by atoms with Crippen LogP contribution in [0.5, 0.6) is 0 Å². The molecule has 0 saturated heterocycles. The van der Waals surface area contributed by atoms with Crippen LogP contribution in [0.4, 0.5) is 0 Å². The van der Waals surface area contributed by atoms with Crippen LogP contribution in [0, 0.1) is 6.92 Å². The van der Waals surface area contributed by atoms with Gasteiger partial charge in [0.05, 0.1) is 10.1 Å². The van der Waals surface area contributed by atoms with E-state index in [4.69, 9.17) is 9.59 Å². The van der Waals surface area contributed by atoms with Crippen molar-refractivity contribution in [1.29, 1.82) is 0 Å². The summed E-state index contributed by atoms with van der Waals surface area (Å²) in [6.45, 7) is 2.83. The minimum atomic E-state index is -4.58. The van der Waals surface area contributed by atoms with Gasteiger partial charge in [0.25, 0.3) is 0 Å². The summed E-state index contributed by atoms with van der Waals surface area (Å²) >= 11 is 0. The van der Waals surface area contributed by atoms with Crippen molar-refractivity contribution in [3.63, 3.8) is 0 Å². The van der Waals surface area contributed by atoms with E-state index in [1.807, 2.05) is 0 Å². The van der Waals surface area contributed by atoms with Crippen molar-refractivity contribution in [3.8, 4) is 0 Å². The number of rotatable bonds is 3. The van der Waals surface area contributed by atoms with Gasteiger partial charge in [-0.2, -0.15) is 9.59 Å². The molecular formula is C5H5Na3O7S. The molecule has 0 fully saturated rings. The van der Waals surface area contributed by atoms with Crippen LogP contribution in [0.15, 0.2) is 0 Å². The van der Waals surface area contributed by atoms with Crippen molar-refractivity contribution in [2.75, 3.05) is 0 Å². The number of hydrogen-bond acceptors (Lipinski definition) is 7. The zero-order chi connectivity index (χ0) is 11.1. The molecule has 0 aliphatic heterocycles. The second-order valence-electron chi connectivity index (χ2n) is 1.77. The third kappa shape index (κ3) is 24.8. The molecule has 0 aliphatic rings. The molecule has 0 N–H and O–H groups in total. The van der Waals surface area contributed by atoms with Gasteiger partial charge in [-0.15, -0.1) is 0 Å². The van der Waals surface area contributed by atoms with Crippen molar-refractivity contribution in [2.45, 2.75) is 11.7 Å². The Hall–Kier alpha value is 1.76. The maximum Gasteiger partial charge on any atom is 1.00 e. The smallest absolute Gasteiger partial charge is 0.750 e. The molecule has 0 radical (unpaired) electrons. The first-order chi connectivity index (χ1) is 5.75. The van der Waals surface area contributed by atoms with E-state index in [1.165, 1.54) is 0 Å². The molecule has 0 aliphatic carbocycles. The molecule has 1 unspecified atom stereocenters. The fourth-order valence-electron chi connectivity index (χ4n) is 0.288. The van der Waals surface area contributed by atoms with E-state index in [0.717, 1.165) is 0 Å². The number of carbonyl (C=O) groups excluding carboxylic acids is 3. The van der Waals surface area contributed by atoms with E-state index >= 15 is 0 Å². The maximum atomic E-state index is 9.96. The summed E-state index contributed by atoms with van der Waals surface area (Å²) in [5.41, 5.74) is 0. The zero-order valence-corrected chi connectivity index (χ0v) is 16.1. The average Bonchev–Trinajstić information content (AvgIpc) is 1.85. The molecule has 0 saturated carbocycles. The van der Waals surface area contributed by atoms with Gasteiger partial charge in [-0.05, 0) is 6.42 Å². The quantitative estimate of drug-likeness (QED) is 0.284. The molecule has 1 atom stereocenters. The van der Waals surface area contributed by atoms with Gasteiger partial charge in [-0.1, -0.05) is 5.25 Å². The second kappa shape index (κ2) is 16.8. The van der Waals surface area contributed by atoms with Crippen LogP contribution in [0.2, 0.25) is 0 Å². The summed E-state index contributed by atoms with van der Waals surface area (Å²) in [5.74, 6) is -1.60. The fraction of sp³-hybridized carbons (Fsp3) is 0.400. The molecule has 16 heavy (non-hydrogen) atoms. The van der Waals surface area contributed by atoms with Gasteiger partial charge in [0.1, 0.15) is 0 Å². The first kappa shape index (κ1) is 30.6. The number of carboxylic acid groups (broad SMARTS) is 1. The summed E-state index contributed by atoms with van der Waals surface area (Å²) in [5, 5.41) is 8.05. The molecule has 0 bridgehead atoms. The third-order valence-electron chi connectivity index (χ3n) is 0.803. The Morgan fingerprint density at radius 3 is 1.56 bits per heavy atom. The number of carbonyl (C=O) groups is 1. The number of carboxylic acids is 1. The standard InChI is InChI=1S/C4H7O5S.CO2.3Na/c1-3(2-4(5)6)10(7,8)9;2-1-3;;;/h3H,1-2H2,(H,5,6)(H,7,8,9);;;;/q-1;;3*+1/p-2. The van der Waals surface area contributed by atoms with E-state index in [2.05, 4.69) is 6.92 Å². The first-order valence-corrected chi connectivity index (χ1v) is 4.19. The molecule has 0 amide bonds. The summed E-state index contributed by atoms with van der Waals surface area (Å²) in [4.78, 5) is 26.0. The summed E-state index contributed by atoms with van der Waals surface area (Å²) in [6.07, 6.45) is -0.605. The van der Waals surface area contributed by atoms with Crippen molar-refractivity contribution < 1.29 is 121 Å². The molecular weight excluding hydrogens is 273 g/mol. The molecule has 0 heterocycles. The molecule has 0 rings (SSSR count). The van der Waals surface area contributed by atoms with Gasteiger partial charge in [-0.3, -0.25) is 0 Å². The molecule has 0 aromatic heterocycles. The SMILES string of the molecule is O=C=O.[CH2-]C(CC(=O)[O-])S(=O)(=O)[O-].[Na+].[Na+].[Na+]. The summed E-state index contributed by atoms with van der Waals surface area (Å²) in [6, 6.07) is 0. The van der Waals surface area contributed by atoms with E-state index in [-0.39, 0.29) is 94.8 Å². The van der Waals surface area contributed by atoms with Crippen molar-refractivity contribution in [2.24, 2.45) is 0 Å². The zero-order valence-electron chi connectivity index (χ0n) is 9.26. The van der Waals surface area contributed by atoms with Crippen LogP contribution < -0.4 is 93.8 Å². The van der Waals surface area contributed by atoms with Crippen molar-refractivity contribution in [1.82, 2.24) is 0 Å². The first-order valence-electron chi connectivity index (χ1n) is 2.72. The van der Waals surface area contributed by atoms with Crippen molar-refractivity contribution in [3.05, 3.63) is 6.92 Å². The predicted molar refractivity (Wildman–Crippen MR) is 33.5 cm³/mol. The number of hydrogen-bond donors (Lipinski definition) is 0. The Bertz CT molecular complexity index is 295. The average molecular weight is 278 g/mol. The Labute approximate surface area is 159 Å². The second-order valence-corrected chi connectivity index (χ2v) is 3.43. The van der Waals surface area contributed by atoms with Gasteiger partial charge in [0, 0.05) is 5.97 Å². The van der Waals surface area contributed by atoms with Crippen LogP contribution in [0.25, 0.3) is 0 Å². The molecule has 0 spiro atoms. The van der Waals surface area contributed by atoms with Gasteiger partial charge in [-0.25, -0.2) is 8.42 Å². The monoisotopic (exact) mass is 278 g/mol. The summed E-state index contributed by atoms with van der Waals surface area (Å²) < 4.78 is 29.9. The van der Waals surface area contributed by atoms with Crippen molar-refractivity contribution >= 4 is 22.2 Å². The molecule has 0 aromatic carbocycles. The summed E-state index contributed by atoms with van der Waals surface area (Å²) in [7, 11) is -4.58. The van der Waals surface area contributed by atoms with Crippen LogP contribution in [-0.4, -0.2) is 30.3 Å². The Balaban J connectivity index is -0.0000000606. The van der Waals surface area contributed by atoms with E-state index in [1.54, 1.807) is 0 Å². The van der Waals surface area contributed by atoms with E-state index < -0.39 is 27.8 Å². The van der Waals surface area contributed by atoms with Crippen LogP contribution in [0.3, 0.4) is 0 Å². The van der Waals surface area contributed by atoms with E-state index in [0.29, 0.717) is 0 Å². The minimum Gasteiger partial charge on any atom is -0.750 e. The van der Waals surface area contributed by atoms with Gasteiger partial charge < -0.3 is 21.4 Å². The van der Waals surface area contributed by atoms with Crippen LogP contribution in [0.1, 0.15) is 6.42 Å². The van der Waals surface area contributed by atoms with Gasteiger partial charge in [0.15, 0.2) is 0 Å². The topological polar surface area (TPSA) is 131 Å². The maximum absolute atomic E-state index is 9.96. The largest absolute Gasteiger partial charge is 1.00 e. The Morgan fingerprint density at radius 1 is 1.25 bits per heavy atom. The van der Waals surface area contributed by atoms with E-state index in [9.17, 15) is 22.9 Å². The predicted octanol–water partition coefficient (Wildman–Crippen LogP) is -11.7. The molecule has 76 valence electrons. The van der Waals surface area contributed by atoms with Gasteiger partial charge >= 0.3 is 94.8 Å².